The third-order valence-corrected chi connectivity index (χ3v) is 4.22. The molecule has 2 heterocycles. The Labute approximate surface area is 151 Å². The van der Waals surface area contributed by atoms with E-state index in [-0.39, 0.29) is 5.91 Å². The Morgan fingerprint density at radius 2 is 2.04 bits per heavy atom. The van der Waals surface area contributed by atoms with Crippen LogP contribution in [0.1, 0.15) is 22.3 Å². The molecule has 4 rings (SSSR count). The first-order valence-corrected chi connectivity index (χ1v) is 8.58. The number of anilines is 1. The third kappa shape index (κ3) is 3.49. The molecule has 6 nitrogen and oxygen atoms in total. The van der Waals surface area contributed by atoms with Gasteiger partial charge in [-0.25, -0.2) is 4.98 Å². The molecular formula is C20H19N5O. The maximum Gasteiger partial charge on any atom is 0.255 e. The van der Waals surface area contributed by atoms with Gasteiger partial charge in [0, 0.05) is 48.0 Å². The van der Waals surface area contributed by atoms with Crippen LogP contribution >= 0.6 is 0 Å². The van der Waals surface area contributed by atoms with Crippen LogP contribution < -0.4 is 10.6 Å². The predicted molar refractivity (Wildman–Crippen MR) is 102 cm³/mol. The summed E-state index contributed by atoms with van der Waals surface area (Å²) in [4.78, 5) is 21.0. The van der Waals surface area contributed by atoms with Crippen molar-refractivity contribution < 1.29 is 4.79 Å². The van der Waals surface area contributed by atoms with Crippen molar-refractivity contribution in [3.63, 3.8) is 0 Å². The van der Waals surface area contributed by atoms with E-state index in [1.54, 1.807) is 24.7 Å². The number of amides is 1. The van der Waals surface area contributed by atoms with Crippen LogP contribution in [0, 0.1) is 0 Å². The standard InChI is InChI=1S/C20H19N5O/c26-20(15-5-7-18(8-6-15)25-12-11-21-14-25)24-17-4-1-3-16(13-17)19-22-9-2-10-23-19/h1,3-8,11-14H,2,9-10H2,(H,22,23)(H,24,26). The van der Waals surface area contributed by atoms with E-state index in [9.17, 15) is 4.79 Å². The molecule has 1 aliphatic rings. The Morgan fingerprint density at radius 1 is 1.15 bits per heavy atom. The van der Waals surface area contributed by atoms with Gasteiger partial charge in [-0.15, -0.1) is 0 Å². The molecule has 0 atom stereocenters. The minimum absolute atomic E-state index is 0.141. The molecule has 2 aromatic carbocycles. The van der Waals surface area contributed by atoms with Crippen LogP contribution in [0.3, 0.4) is 0 Å². The lowest BCUT2D eigenvalue weighted by atomic mass is 10.1. The summed E-state index contributed by atoms with van der Waals surface area (Å²) in [5, 5.41) is 6.25. The lowest BCUT2D eigenvalue weighted by Gasteiger charge is -2.15. The summed E-state index contributed by atoms with van der Waals surface area (Å²) in [6, 6.07) is 15.1. The van der Waals surface area contributed by atoms with Gasteiger partial charge in [0.25, 0.3) is 5.91 Å². The van der Waals surface area contributed by atoms with Crippen molar-refractivity contribution in [1.82, 2.24) is 14.9 Å². The zero-order valence-corrected chi connectivity index (χ0v) is 14.2. The Balaban J connectivity index is 1.48. The fourth-order valence-electron chi connectivity index (χ4n) is 2.87. The van der Waals surface area contributed by atoms with Crippen molar-refractivity contribution in [1.29, 1.82) is 0 Å². The van der Waals surface area contributed by atoms with Crippen LogP contribution in [0.25, 0.3) is 5.69 Å². The van der Waals surface area contributed by atoms with Gasteiger partial charge in [-0.2, -0.15) is 0 Å². The fourth-order valence-corrected chi connectivity index (χ4v) is 2.87. The highest BCUT2D eigenvalue weighted by Gasteiger charge is 2.10. The van der Waals surface area contributed by atoms with Gasteiger partial charge in [-0.05, 0) is 42.8 Å². The number of carbonyl (C=O) groups excluding carboxylic acids is 1. The lowest BCUT2D eigenvalue weighted by molar-refractivity contribution is 0.102. The second-order valence-electron chi connectivity index (χ2n) is 6.06. The fraction of sp³-hybridized carbons (Fsp3) is 0.150. The second kappa shape index (κ2) is 7.23. The summed E-state index contributed by atoms with van der Waals surface area (Å²) >= 11 is 0. The second-order valence-corrected chi connectivity index (χ2v) is 6.06. The smallest absolute Gasteiger partial charge is 0.255 e. The number of hydrogen-bond donors (Lipinski definition) is 2. The highest BCUT2D eigenvalue weighted by atomic mass is 16.1. The number of amidine groups is 1. The minimum Gasteiger partial charge on any atom is -0.370 e. The molecule has 0 radical (unpaired) electrons. The molecule has 6 heteroatoms. The number of aliphatic imine (C=N–C) groups is 1. The lowest BCUT2D eigenvalue weighted by Crippen LogP contribution is -2.30. The SMILES string of the molecule is O=C(Nc1cccc(C2=NCCCN2)c1)c1ccc(-n2ccnc2)cc1. The topological polar surface area (TPSA) is 71.3 Å². The number of hydrogen-bond acceptors (Lipinski definition) is 4. The van der Waals surface area contributed by atoms with Crippen LogP contribution in [0.5, 0.6) is 0 Å². The number of rotatable bonds is 4. The first kappa shape index (κ1) is 16.1. The summed E-state index contributed by atoms with van der Waals surface area (Å²) in [5.74, 6) is 0.745. The molecule has 0 aliphatic carbocycles. The summed E-state index contributed by atoms with van der Waals surface area (Å²) in [6.45, 7) is 1.76. The zero-order valence-electron chi connectivity index (χ0n) is 14.2. The molecule has 26 heavy (non-hydrogen) atoms. The maximum atomic E-state index is 12.5. The van der Waals surface area contributed by atoms with E-state index in [1.165, 1.54) is 0 Å². The Kier molecular flexibility index (Phi) is 4.47. The summed E-state index contributed by atoms with van der Waals surface area (Å²) in [5.41, 5.74) is 3.30. The van der Waals surface area contributed by atoms with Crippen LogP contribution in [0.4, 0.5) is 5.69 Å². The molecule has 3 aromatic rings. The van der Waals surface area contributed by atoms with Crippen LogP contribution in [-0.4, -0.2) is 34.4 Å². The number of imidazole rings is 1. The van der Waals surface area contributed by atoms with E-state index in [0.717, 1.165) is 42.3 Å². The van der Waals surface area contributed by atoms with Gasteiger partial charge in [0.1, 0.15) is 5.84 Å². The van der Waals surface area contributed by atoms with Crippen LogP contribution in [-0.2, 0) is 0 Å². The van der Waals surface area contributed by atoms with Crippen LogP contribution in [0.15, 0.2) is 72.2 Å². The van der Waals surface area contributed by atoms with Gasteiger partial charge < -0.3 is 15.2 Å². The van der Waals surface area contributed by atoms with Crippen molar-refractivity contribution in [3.05, 3.63) is 78.4 Å². The molecular weight excluding hydrogens is 326 g/mol. The number of nitrogens with one attached hydrogen (secondary N) is 2. The highest BCUT2D eigenvalue weighted by molar-refractivity contribution is 6.05. The van der Waals surface area contributed by atoms with Gasteiger partial charge in [-0.3, -0.25) is 9.79 Å². The third-order valence-electron chi connectivity index (χ3n) is 4.22. The monoisotopic (exact) mass is 345 g/mol. The average molecular weight is 345 g/mol. The van der Waals surface area contributed by atoms with E-state index in [0.29, 0.717) is 5.56 Å². The van der Waals surface area contributed by atoms with E-state index in [2.05, 4.69) is 20.6 Å². The minimum atomic E-state index is -0.141. The van der Waals surface area contributed by atoms with Gasteiger partial charge in [0.05, 0.1) is 6.33 Å². The Bertz CT molecular complexity index is 929. The summed E-state index contributed by atoms with van der Waals surface area (Å²) in [6.07, 6.45) is 6.36. The quantitative estimate of drug-likeness (QED) is 0.764. The molecule has 0 saturated heterocycles. The number of nitrogens with zero attached hydrogens (tertiary/aromatic N) is 3. The number of benzene rings is 2. The molecule has 1 aromatic heterocycles. The summed E-state index contributed by atoms with van der Waals surface area (Å²) in [7, 11) is 0. The zero-order chi connectivity index (χ0) is 17.8. The molecule has 0 unspecified atom stereocenters. The highest BCUT2D eigenvalue weighted by Crippen LogP contribution is 2.15. The van der Waals surface area contributed by atoms with E-state index < -0.39 is 0 Å². The van der Waals surface area contributed by atoms with Crippen molar-refractivity contribution in [2.75, 3.05) is 18.4 Å². The molecule has 130 valence electrons. The molecule has 1 aliphatic heterocycles. The first-order valence-electron chi connectivity index (χ1n) is 8.58. The average Bonchev–Trinajstić information content (AvgIpc) is 3.24. The van der Waals surface area contributed by atoms with Crippen LogP contribution in [0.2, 0.25) is 0 Å². The number of aromatic nitrogens is 2. The molecule has 2 N–H and O–H groups in total. The molecule has 0 saturated carbocycles. The van der Waals surface area contributed by atoms with Crippen molar-refractivity contribution in [3.8, 4) is 5.69 Å². The largest absolute Gasteiger partial charge is 0.370 e. The van der Waals surface area contributed by atoms with E-state index in [4.69, 9.17) is 0 Å². The normalized spacial score (nSPS) is 13.6. The Hall–Kier alpha value is -3.41. The molecule has 1 amide bonds. The van der Waals surface area contributed by atoms with Crippen molar-refractivity contribution >= 4 is 17.4 Å². The number of carbonyl (C=O) groups is 1. The van der Waals surface area contributed by atoms with E-state index in [1.807, 2.05) is 47.2 Å². The van der Waals surface area contributed by atoms with E-state index >= 15 is 0 Å². The first-order chi connectivity index (χ1) is 12.8. The van der Waals surface area contributed by atoms with Crippen molar-refractivity contribution in [2.45, 2.75) is 6.42 Å². The summed E-state index contributed by atoms with van der Waals surface area (Å²) < 4.78 is 1.89. The predicted octanol–water partition coefficient (Wildman–Crippen LogP) is 2.86. The Morgan fingerprint density at radius 3 is 2.77 bits per heavy atom. The molecule has 0 bridgehead atoms. The van der Waals surface area contributed by atoms with Gasteiger partial charge in [0.15, 0.2) is 0 Å². The van der Waals surface area contributed by atoms with Gasteiger partial charge in [0.2, 0.25) is 0 Å². The van der Waals surface area contributed by atoms with Gasteiger partial charge >= 0.3 is 0 Å². The molecule has 0 spiro atoms. The maximum absolute atomic E-state index is 12.5. The van der Waals surface area contributed by atoms with Gasteiger partial charge in [-0.1, -0.05) is 12.1 Å². The molecule has 0 fully saturated rings. The van der Waals surface area contributed by atoms with Crippen molar-refractivity contribution in [2.24, 2.45) is 4.99 Å².